The van der Waals surface area contributed by atoms with Crippen molar-refractivity contribution < 1.29 is 4.74 Å². The standard InChI is InChI=1S/C12H25NO/c1-10(2)12(9-13-3)14-8-7-11-5-4-6-11/h10-13H,4-9H2,1-3H3. The minimum absolute atomic E-state index is 0.389. The van der Waals surface area contributed by atoms with Gasteiger partial charge in [-0.25, -0.2) is 0 Å². The van der Waals surface area contributed by atoms with Crippen LogP contribution >= 0.6 is 0 Å². The van der Waals surface area contributed by atoms with E-state index in [4.69, 9.17) is 4.74 Å². The van der Waals surface area contributed by atoms with Crippen LogP contribution in [0.3, 0.4) is 0 Å². The van der Waals surface area contributed by atoms with E-state index in [1.807, 2.05) is 7.05 Å². The molecule has 0 heterocycles. The summed E-state index contributed by atoms with van der Waals surface area (Å²) in [5.41, 5.74) is 0. The van der Waals surface area contributed by atoms with E-state index in [2.05, 4.69) is 19.2 Å². The van der Waals surface area contributed by atoms with Gasteiger partial charge in [-0.2, -0.15) is 0 Å². The van der Waals surface area contributed by atoms with Crippen molar-refractivity contribution in [3.05, 3.63) is 0 Å². The van der Waals surface area contributed by atoms with E-state index in [-0.39, 0.29) is 0 Å². The molecule has 1 atom stereocenters. The Morgan fingerprint density at radius 2 is 2.07 bits per heavy atom. The third-order valence-corrected chi connectivity index (χ3v) is 3.23. The molecular formula is C12H25NO. The summed E-state index contributed by atoms with van der Waals surface area (Å²) in [6, 6.07) is 0. The quantitative estimate of drug-likeness (QED) is 0.680. The molecule has 0 radical (unpaired) electrons. The molecule has 1 fully saturated rings. The number of nitrogens with one attached hydrogen (secondary N) is 1. The van der Waals surface area contributed by atoms with Gasteiger partial charge in [-0.15, -0.1) is 0 Å². The molecule has 0 amide bonds. The lowest BCUT2D eigenvalue weighted by Crippen LogP contribution is -2.32. The van der Waals surface area contributed by atoms with E-state index in [0.717, 1.165) is 19.1 Å². The van der Waals surface area contributed by atoms with Gasteiger partial charge in [0.15, 0.2) is 0 Å². The third-order valence-electron chi connectivity index (χ3n) is 3.23. The average molecular weight is 199 g/mol. The average Bonchev–Trinajstić information content (AvgIpc) is 2.06. The maximum absolute atomic E-state index is 5.89. The first-order valence-corrected chi connectivity index (χ1v) is 6.00. The highest BCUT2D eigenvalue weighted by Gasteiger charge is 2.18. The topological polar surface area (TPSA) is 21.3 Å². The zero-order valence-electron chi connectivity index (χ0n) is 9.88. The second-order valence-corrected chi connectivity index (χ2v) is 4.80. The Morgan fingerprint density at radius 3 is 2.50 bits per heavy atom. The summed E-state index contributed by atoms with van der Waals surface area (Å²) < 4.78 is 5.89. The van der Waals surface area contributed by atoms with E-state index in [0.29, 0.717) is 12.0 Å². The van der Waals surface area contributed by atoms with Crippen molar-refractivity contribution in [2.75, 3.05) is 20.2 Å². The highest BCUT2D eigenvalue weighted by atomic mass is 16.5. The number of hydrogen-bond acceptors (Lipinski definition) is 2. The number of likely N-dealkylation sites (N-methyl/N-ethyl adjacent to an activating group) is 1. The molecule has 2 heteroatoms. The predicted molar refractivity (Wildman–Crippen MR) is 60.5 cm³/mol. The van der Waals surface area contributed by atoms with Gasteiger partial charge >= 0.3 is 0 Å². The summed E-state index contributed by atoms with van der Waals surface area (Å²) in [5.74, 6) is 1.58. The molecule has 1 aliphatic carbocycles. The van der Waals surface area contributed by atoms with Crippen molar-refractivity contribution in [1.29, 1.82) is 0 Å². The number of rotatable bonds is 7. The molecule has 0 aromatic rings. The van der Waals surface area contributed by atoms with Crippen LogP contribution in [0, 0.1) is 11.8 Å². The fourth-order valence-corrected chi connectivity index (χ4v) is 1.86. The van der Waals surface area contributed by atoms with Gasteiger partial charge in [0.2, 0.25) is 0 Å². The first kappa shape index (κ1) is 12.0. The maximum Gasteiger partial charge on any atom is 0.0722 e. The second kappa shape index (κ2) is 6.41. The molecule has 1 rings (SSSR count). The van der Waals surface area contributed by atoms with Crippen LogP contribution in [0.15, 0.2) is 0 Å². The largest absolute Gasteiger partial charge is 0.377 e. The second-order valence-electron chi connectivity index (χ2n) is 4.80. The Balaban J connectivity index is 2.05. The smallest absolute Gasteiger partial charge is 0.0722 e. The highest BCUT2D eigenvalue weighted by molar-refractivity contribution is 4.70. The lowest BCUT2D eigenvalue weighted by atomic mass is 9.83. The minimum Gasteiger partial charge on any atom is -0.377 e. The van der Waals surface area contributed by atoms with Gasteiger partial charge in [-0.1, -0.05) is 33.1 Å². The van der Waals surface area contributed by atoms with E-state index >= 15 is 0 Å². The molecule has 0 spiro atoms. The molecule has 0 aliphatic heterocycles. The molecule has 14 heavy (non-hydrogen) atoms. The zero-order valence-corrected chi connectivity index (χ0v) is 9.88. The van der Waals surface area contributed by atoms with Crippen molar-refractivity contribution in [2.45, 2.75) is 45.6 Å². The Bertz CT molecular complexity index is 143. The van der Waals surface area contributed by atoms with Crippen molar-refractivity contribution >= 4 is 0 Å². The van der Waals surface area contributed by atoms with Crippen LogP contribution in [0.2, 0.25) is 0 Å². The Labute approximate surface area is 88.4 Å². The van der Waals surface area contributed by atoms with E-state index < -0.39 is 0 Å². The van der Waals surface area contributed by atoms with Gasteiger partial charge < -0.3 is 10.1 Å². The van der Waals surface area contributed by atoms with Crippen LogP contribution < -0.4 is 5.32 Å². The fraction of sp³-hybridized carbons (Fsp3) is 1.00. The van der Waals surface area contributed by atoms with E-state index in [1.165, 1.54) is 25.7 Å². The van der Waals surface area contributed by atoms with Crippen molar-refractivity contribution in [1.82, 2.24) is 5.32 Å². The van der Waals surface area contributed by atoms with Crippen LogP contribution in [0.1, 0.15) is 39.5 Å². The molecule has 0 bridgehead atoms. The molecule has 1 aliphatic rings. The minimum atomic E-state index is 0.389. The summed E-state index contributed by atoms with van der Waals surface area (Å²) in [7, 11) is 1.99. The molecule has 84 valence electrons. The van der Waals surface area contributed by atoms with Crippen molar-refractivity contribution in [2.24, 2.45) is 11.8 Å². The van der Waals surface area contributed by atoms with Gasteiger partial charge in [0.25, 0.3) is 0 Å². The summed E-state index contributed by atoms with van der Waals surface area (Å²) in [6.45, 7) is 6.38. The SMILES string of the molecule is CNCC(OCCC1CCC1)C(C)C. The molecule has 0 aromatic carbocycles. The molecule has 1 saturated carbocycles. The van der Waals surface area contributed by atoms with Gasteiger partial charge in [0.1, 0.15) is 0 Å². The monoisotopic (exact) mass is 199 g/mol. The molecule has 2 nitrogen and oxygen atoms in total. The van der Waals surface area contributed by atoms with Crippen LogP contribution in [0.25, 0.3) is 0 Å². The van der Waals surface area contributed by atoms with E-state index in [9.17, 15) is 0 Å². The van der Waals surface area contributed by atoms with Crippen LogP contribution in [-0.4, -0.2) is 26.3 Å². The Morgan fingerprint density at radius 1 is 1.36 bits per heavy atom. The predicted octanol–water partition coefficient (Wildman–Crippen LogP) is 2.44. The maximum atomic E-state index is 5.89. The lowest BCUT2D eigenvalue weighted by molar-refractivity contribution is 0.0122. The van der Waals surface area contributed by atoms with Crippen LogP contribution in [0.4, 0.5) is 0 Å². The third kappa shape index (κ3) is 3.97. The Hall–Kier alpha value is -0.0800. The number of ether oxygens (including phenoxy) is 1. The lowest BCUT2D eigenvalue weighted by Gasteiger charge is -2.27. The summed E-state index contributed by atoms with van der Waals surface area (Å²) in [5, 5.41) is 3.19. The van der Waals surface area contributed by atoms with Crippen LogP contribution in [0.5, 0.6) is 0 Å². The first-order chi connectivity index (χ1) is 6.74. The summed E-state index contributed by atoms with van der Waals surface area (Å²) in [6.07, 6.45) is 5.96. The normalized spacial score (nSPS) is 19.7. The summed E-state index contributed by atoms with van der Waals surface area (Å²) in [4.78, 5) is 0. The van der Waals surface area contributed by atoms with E-state index in [1.54, 1.807) is 0 Å². The van der Waals surface area contributed by atoms with Gasteiger partial charge in [-0.3, -0.25) is 0 Å². The molecule has 1 unspecified atom stereocenters. The molecule has 1 N–H and O–H groups in total. The molecule has 0 saturated heterocycles. The van der Waals surface area contributed by atoms with Gasteiger partial charge in [-0.05, 0) is 25.3 Å². The fourth-order valence-electron chi connectivity index (χ4n) is 1.86. The van der Waals surface area contributed by atoms with Crippen molar-refractivity contribution in [3.8, 4) is 0 Å². The Kier molecular flexibility index (Phi) is 5.49. The molecular weight excluding hydrogens is 174 g/mol. The highest BCUT2D eigenvalue weighted by Crippen LogP contribution is 2.29. The first-order valence-electron chi connectivity index (χ1n) is 6.00. The number of hydrogen-bond donors (Lipinski definition) is 1. The van der Waals surface area contributed by atoms with Crippen LogP contribution in [-0.2, 0) is 4.74 Å². The zero-order chi connectivity index (χ0) is 10.4. The van der Waals surface area contributed by atoms with Crippen molar-refractivity contribution in [3.63, 3.8) is 0 Å². The van der Waals surface area contributed by atoms with Gasteiger partial charge in [0, 0.05) is 13.2 Å². The molecule has 0 aromatic heterocycles. The van der Waals surface area contributed by atoms with Gasteiger partial charge in [0.05, 0.1) is 6.10 Å². The summed E-state index contributed by atoms with van der Waals surface area (Å²) >= 11 is 0.